The Morgan fingerprint density at radius 3 is 2.60 bits per heavy atom. The zero-order chi connectivity index (χ0) is 14.7. The Labute approximate surface area is 120 Å². The number of rotatable bonds is 2. The maximum Gasteiger partial charge on any atom is 0.230 e. The van der Waals surface area contributed by atoms with E-state index in [4.69, 9.17) is 4.74 Å². The minimum absolute atomic E-state index is 0.193. The molecule has 1 aromatic heterocycles. The Kier molecular flexibility index (Phi) is 2.70. The van der Waals surface area contributed by atoms with E-state index in [0.717, 1.165) is 18.0 Å². The number of hydrogen-bond acceptors (Lipinski definition) is 3. The summed E-state index contributed by atoms with van der Waals surface area (Å²) in [6, 6.07) is 2.23. The van der Waals surface area contributed by atoms with E-state index in [1.807, 2.05) is 14.0 Å². The Balaban J connectivity index is 1.93. The molecule has 2 saturated carbocycles. The summed E-state index contributed by atoms with van der Waals surface area (Å²) in [7, 11) is 1.85. The summed E-state index contributed by atoms with van der Waals surface area (Å²) in [6.07, 6.45) is 3.81. The molecule has 2 aliphatic rings. The lowest BCUT2D eigenvalue weighted by molar-refractivity contribution is 0.0246. The van der Waals surface area contributed by atoms with Gasteiger partial charge in [0.25, 0.3) is 0 Å². The molecule has 108 valence electrons. The maximum atomic E-state index is 9.30. The lowest BCUT2D eigenvalue weighted by atomic mass is 9.70. The van der Waals surface area contributed by atoms with E-state index < -0.39 is 0 Å². The predicted octanol–water partition coefficient (Wildman–Crippen LogP) is 3.19. The fraction of sp³-hybridized carbons (Fsp3) is 0.750. The van der Waals surface area contributed by atoms with Gasteiger partial charge in [-0.05, 0) is 37.5 Å². The minimum Gasteiger partial charge on any atom is -0.473 e. The van der Waals surface area contributed by atoms with Gasteiger partial charge in [-0.2, -0.15) is 10.4 Å². The summed E-state index contributed by atoms with van der Waals surface area (Å²) in [5, 5.41) is 13.6. The highest BCUT2D eigenvalue weighted by atomic mass is 16.5. The molecule has 2 bridgehead atoms. The first-order valence-corrected chi connectivity index (χ1v) is 7.41. The predicted molar refractivity (Wildman–Crippen MR) is 76.3 cm³/mol. The molecule has 1 aromatic rings. The van der Waals surface area contributed by atoms with E-state index >= 15 is 0 Å². The van der Waals surface area contributed by atoms with Crippen molar-refractivity contribution in [3.63, 3.8) is 0 Å². The van der Waals surface area contributed by atoms with Crippen molar-refractivity contribution in [2.24, 2.45) is 23.8 Å². The Hall–Kier alpha value is -1.50. The Morgan fingerprint density at radius 2 is 2.10 bits per heavy atom. The van der Waals surface area contributed by atoms with Crippen LogP contribution < -0.4 is 4.74 Å². The minimum atomic E-state index is 0.193. The van der Waals surface area contributed by atoms with Crippen LogP contribution in [0.5, 0.6) is 5.88 Å². The fourth-order valence-electron chi connectivity index (χ4n) is 4.34. The maximum absolute atomic E-state index is 9.30. The normalized spacial score (nSPS) is 34.2. The van der Waals surface area contributed by atoms with Gasteiger partial charge < -0.3 is 4.74 Å². The van der Waals surface area contributed by atoms with Gasteiger partial charge in [0.05, 0.1) is 5.69 Å². The second-order valence-corrected chi connectivity index (χ2v) is 7.22. The van der Waals surface area contributed by atoms with Crippen molar-refractivity contribution in [1.29, 1.82) is 5.26 Å². The van der Waals surface area contributed by atoms with E-state index in [0.29, 0.717) is 16.9 Å². The van der Waals surface area contributed by atoms with Gasteiger partial charge in [-0.1, -0.05) is 20.8 Å². The van der Waals surface area contributed by atoms with Crippen molar-refractivity contribution >= 4 is 0 Å². The van der Waals surface area contributed by atoms with Crippen LogP contribution in [0.25, 0.3) is 0 Å². The molecule has 0 radical (unpaired) electrons. The molecule has 0 saturated heterocycles. The van der Waals surface area contributed by atoms with Gasteiger partial charge in [0, 0.05) is 12.5 Å². The van der Waals surface area contributed by atoms with Crippen molar-refractivity contribution in [2.75, 3.05) is 0 Å². The number of aryl methyl sites for hydroxylation is 2. The molecule has 3 atom stereocenters. The summed E-state index contributed by atoms with van der Waals surface area (Å²) in [5.74, 6) is 1.37. The summed E-state index contributed by atoms with van der Waals surface area (Å²) >= 11 is 0. The Bertz CT molecular complexity index is 596. The van der Waals surface area contributed by atoms with Crippen LogP contribution in [-0.2, 0) is 7.05 Å². The zero-order valence-electron chi connectivity index (χ0n) is 13.0. The van der Waals surface area contributed by atoms with E-state index in [1.165, 1.54) is 12.8 Å². The molecule has 20 heavy (non-hydrogen) atoms. The SMILES string of the molecule is Cc1nn(C)c(OC2CC3CCC2(C)C3(C)C)c1C#N. The van der Waals surface area contributed by atoms with E-state index in [1.54, 1.807) is 4.68 Å². The summed E-state index contributed by atoms with van der Waals surface area (Å²) in [4.78, 5) is 0. The smallest absolute Gasteiger partial charge is 0.230 e. The number of nitriles is 1. The molecule has 0 aromatic carbocycles. The highest BCUT2D eigenvalue weighted by molar-refractivity contribution is 5.42. The average molecular weight is 273 g/mol. The first kappa shape index (κ1) is 13.5. The van der Waals surface area contributed by atoms with Gasteiger partial charge >= 0.3 is 0 Å². The number of aromatic nitrogens is 2. The molecule has 3 unspecified atom stereocenters. The number of hydrogen-bond donors (Lipinski definition) is 0. The molecule has 3 rings (SSSR count). The van der Waals surface area contributed by atoms with Gasteiger partial charge in [-0.3, -0.25) is 0 Å². The summed E-state index contributed by atoms with van der Waals surface area (Å²) in [6.45, 7) is 8.94. The summed E-state index contributed by atoms with van der Waals surface area (Å²) < 4.78 is 8.00. The van der Waals surface area contributed by atoms with Crippen molar-refractivity contribution in [2.45, 2.75) is 53.1 Å². The lowest BCUT2D eigenvalue weighted by Crippen LogP contribution is -2.39. The topological polar surface area (TPSA) is 50.8 Å². The first-order valence-electron chi connectivity index (χ1n) is 7.41. The second kappa shape index (κ2) is 4.00. The lowest BCUT2D eigenvalue weighted by Gasteiger charge is -2.38. The number of nitrogens with zero attached hydrogens (tertiary/aromatic N) is 3. The highest BCUT2D eigenvalue weighted by Crippen LogP contribution is 2.66. The molecular formula is C16H23N3O. The molecule has 4 heteroatoms. The molecule has 2 fully saturated rings. The van der Waals surface area contributed by atoms with Crippen LogP contribution in [0.3, 0.4) is 0 Å². The van der Waals surface area contributed by atoms with Gasteiger partial charge in [0.15, 0.2) is 0 Å². The van der Waals surface area contributed by atoms with Gasteiger partial charge in [0.1, 0.15) is 17.7 Å². The number of ether oxygens (including phenoxy) is 1. The molecule has 0 spiro atoms. The quantitative estimate of drug-likeness (QED) is 0.831. The third-order valence-corrected chi connectivity index (χ3v) is 6.25. The monoisotopic (exact) mass is 273 g/mol. The van der Waals surface area contributed by atoms with Crippen LogP contribution in [0.4, 0.5) is 0 Å². The van der Waals surface area contributed by atoms with Crippen LogP contribution in [0, 0.1) is 35.0 Å². The van der Waals surface area contributed by atoms with Crippen LogP contribution in [0.2, 0.25) is 0 Å². The Morgan fingerprint density at radius 1 is 1.40 bits per heavy atom. The van der Waals surface area contributed by atoms with E-state index in [9.17, 15) is 5.26 Å². The zero-order valence-corrected chi connectivity index (χ0v) is 13.0. The second-order valence-electron chi connectivity index (χ2n) is 7.22. The molecule has 2 aliphatic carbocycles. The van der Waals surface area contributed by atoms with Gasteiger partial charge in [-0.25, -0.2) is 4.68 Å². The summed E-state index contributed by atoms with van der Waals surface area (Å²) in [5.41, 5.74) is 1.84. The van der Waals surface area contributed by atoms with Crippen LogP contribution in [0.1, 0.15) is 51.3 Å². The van der Waals surface area contributed by atoms with Crippen LogP contribution in [-0.4, -0.2) is 15.9 Å². The molecule has 1 heterocycles. The number of fused-ring (bicyclic) bond motifs is 2. The average Bonchev–Trinajstić information content (AvgIpc) is 2.84. The molecule has 0 N–H and O–H groups in total. The molecular weight excluding hydrogens is 250 g/mol. The van der Waals surface area contributed by atoms with Gasteiger partial charge in [-0.15, -0.1) is 0 Å². The van der Waals surface area contributed by atoms with E-state index in [-0.39, 0.29) is 11.5 Å². The van der Waals surface area contributed by atoms with Crippen molar-refractivity contribution in [1.82, 2.24) is 9.78 Å². The van der Waals surface area contributed by atoms with E-state index in [2.05, 4.69) is 31.9 Å². The van der Waals surface area contributed by atoms with Crippen LogP contribution in [0.15, 0.2) is 0 Å². The fourth-order valence-corrected chi connectivity index (χ4v) is 4.34. The van der Waals surface area contributed by atoms with Crippen molar-refractivity contribution < 1.29 is 4.74 Å². The van der Waals surface area contributed by atoms with Crippen LogP contribution >= 0.6 is 0 Å². The van der Waals surface area contributed by atoms with Crippen molar-refractivity contribution in [3.05, 3.63) is 11.3 Å². The van der Waals surface area contributed by atoms with Gasteiger partial charge in [0.2, 0.25) is 5.88 Å². The molecule has 0 amide bonds. The third-order valence-electron chi connectivity index (χ3n) is 6.25. The largest absolute Gasteiger partial charge is 0.473 e. The standard InChI is InChI=1S/C16H23N3O/c1-10-12(9-17)14(19(5)18-10)20-13-8-11-6-7-16(13,4)15(11,2)3/h11,13H,6-8H2,1-5H3. The third kappa shape index (κ3) is 1.49. The highest BCUT2D eigenvalue weighted by Gasteiger charge is 2.62. The molecule has 0 aliphatic heterocycles. The molecule has 4 nitrogen and oxygen atoms in total. The first-order chi connectivity index (χ1) is 9.31. The van der Waals surface area contributed by atoms with Crippen molar-refractivity contribution in [3.8, 4) is 11.9 Å².